The summed E-state index contributed by atoms with van der Waals surface area (Å²) in [5.41, 5.74) is 0. The highest BCUT2D eigenvalue weighted by molar-refractivity contribution is 4.86. The third-order valence-electron chi connectivity index (χ3n) is 4.68. The van der Waals surface area contributed by atoms with Crippen molar-refractivity contribution in [1.29, 1.82) is 0 Å². The lowest BCUT2D eigenvalue weighted by atomic mass is 9.91. The summed E-state index contributed by atoms with van der Waals surface area (Å²) in [6.45, 7) is 6.08. The fourth-order valence-corrected chi connectivity index (χ4v) is 3.36. The highest BCUT2D eigenvalue weighted by Gasteiger charge is 2.28. The molecule has 3 nitrogen and oxygen atoms in total. The zero-order chi connectivity index (χ0) is 12.1. The summed E-state index contributed by atoms with van der Waals surface area (Å²) >= 11 is 0. The van der Waals surface area contributed by atoms with E-state index in [1.807, 2.05) is 0 Å². The maximum absolute atomic E-state index is 10.6. The maximum Gasteiger partial charge on any atom is 0.0825 e. The van der Waals surface area contributed by atoms with E-state index < -0.39 is 0 Å². The van der Waals surface area contributed by atoms with Crippen LogP contribution in [0.15, 0.2) is 0 Å². The van der Waals surface area contributed by atoms with E-state index in [1.165, 1.54) is 51.7 Å². The summed E-state index contributed by atoms with van der Waals surface area (Å²) in [7, 11) is 0. The Labute approximate surface area is 106 Å². The quantitative estimate of drug-likeness (QED) is 0.815. The zero-order valence-electron chi connectivity index (χ0n) is 11.2. The minimum absolute atomic E-state index is 0.115. The number of nitrogens with zero attached hydrogens (tertiary/aromatic N) is 1. The molecule has 1 N–H and O–H groups in total. The second-order valence-corrected chi connectivity index (χ2v) is 5.77. The van der Waals surface area contributed by atoms with Gasteiger partial charge in [0, 0.05) is 12.1 Å². The molecule has 2 saturated heterocycles. The summed E-state index contributed by atoms with van der Waals surface area (Å²) < 4.78 is 0. The summed E-state index contributed by atoms with van der Waals surface area (Å²) in [5, 5.41) is 14.3. The van der Waals surface area contributed by atoms with Crippen LogP contribution in [0.5, 0.6) is 0 Å². The van der Waals surface area contributed by atoms with Crippen LogP contribution < -0.4 is 5.32 Å². The largest absolute Gasteiger partial charge is 0.312 e. The number of hydrogen-bond donors (Lipinski definition) is 1. The average molecular weight is 239 g/mol. The van der Waals surface area contributed by atoms with Crippen molar-refractivity contribution in [2.45, 2.75) is 57.5 Å². The molecule has 2 rings (SSSR count). The van der Waals surface area contributed by atoms with Gasteiger partial charge in [-0.1, -0.05) is 6.42 Å². The first-order valence-corrected chi connectivity index (χ1v) is 7.37. The van der Waals surface area contributed by atoms with E-state index in [0.717, 1.165) is 6.42 Å². The summed E-state index contributed by atoms with van der Waals surface area (Å²) in [6.07, 6.45) is 7.42. The lowest BCUT2D eigenvalue weighted by molar-refractivity contribution is 0.0899. The van der Waals surface area contributed by atoms with Crippen LogP contribution in [0.25, 0.3) is 0 Å². The van der Waals surface area contributed by atoms with E-state index in [0.29, 0.717) is 18.0 Å². The molecule has 0 saturated carbocycles. The van der Waals surface area contributed by atoms with Crippen LogP contribution in [0, 0.1) is 5.92 Å². The molecule has 2 aliphatic rings. The molecular weight excluding hydrogens is 212 g/mol. The molecule has 2 heterocycles. The summed E-state index contributed by atoms with van der Waals surface area (Å²) in [6, 6.07) is 1.36. The van der Waals surface area contributed by atoms with Gasteiger partial charge in [-0.05, 0) is 64.6 Å². The smallest absolute Gasteiger partial charge is 0.0825 e. The molecule has 0 aliphatic carbocycles. The van der Waals surface area contributed by atoms with Crippen LogP contribution in [-0.4, -0.2) is 43.2 Å². The molecule has 0 bridgehead atoms. The average Bonchev–Trinajstić information content (AvgIpc) is 2.40. The van der Waals surface area contributed by atoms with Crippen LogP contribution >= 0.6 is 0 Å². The fourth-order valence-electron chi connectivity index (χ4n) is 3.36. The Morgan fingerprint density at radius 2 is 2.00 bits per heavy atom. The second-order valence-electron chi connectivity index (χ2n) is 5.77. The lowest BCUT2D eigenvalue weighted by Gasteiger charge is -2.41. The highest BCUT2D eigenvalue weighted by Crippen LogP contribution is 2.24. The molecule has 0 aromatic carbocycles. The summed E-state index contributed by atoms with van der Waals surface area (Å²) in [4.78, 5) is 2.63. The van der Waals surface area contributed by atoms with Gasteiger partial charge in [0.2, 0.25) is 0 Å². The Balaban J connectivity index is 1.75. The van der Waals surface area contributed by atoms with Gasteiger partial charge in [-0.15, -0.1) is 0 Å². The number of rotatable bonds is 4. The van der Waals surface area contributed by atoms with E-state index >= 15 is 0 Å². The molecular formula is C14H27N2O. The van der Waals surface area contributed by atoms with Gasteiger partial charge in [-0.25, -0.2) is 5.11 Å². The van der Waals surface area contributed by atoms with Crippen LogP contribution in [-0.2, 0) is 5.11 Å². The van der Waals surface area contributed by atoms with Crippen molar-refractivity contribution in [2.75, 3.05) is 26.2 Å². The Bertz CT molecular complexity index is 208. The number of hydrogen-bond acceptors (Lipinski definition) is 2. The molecule has 1 radical (unpaired) electrons. The Morgan fingerprint density at radius 3 is 2.59 bits per heavy atom. The SMILES string of the molecule is CC(C1CCCCN1)N1CCC(CC[O])CC1. The number of likely N-dealkylation sites (tertiary alicyclic amines) is 1. The first-order valence-electron chi connectivity index (χ1n) is 7.37. The predicted molar refractivity (Wildman–Crippen MR) is 69.6 cm³/mol. The fraction of sp³-hybridized carbons (Fsp3) is 1.00. The van der Waals surface area contributed by atoms with Crippen molar-refractivity contribution >= 4 is 0 Å². The third-order valence-corrected chi connectivity index (χ3v) is 4.68. The molecule has 0 aromatic heterocycles. The van der Waals surface area contributed by atoms with Gasteiger partial charge in [0.25, 0.3) is 0 Å². The maximum atomic E-state index is 10.6. The monoisotopic (exact) mass is 239 g/mol. The van der Waals surface area contributed by atoms with E-state index in [9.17, 15) is 5.11 Å². The first kappa shape index (κ1) is 13.3. The predicted octanol–water partition coefficient (Wildman–Crippen LogP) is 2.05. The molecule has 2 fully saturated rings. The van der Waals surface area contributed by atoms with Crippen molar-refractivity contribution in [3.63, 3.8) is 0 Å². The van der Waals surface area contributed by atoms with Gasteiger partial charge < -0.3 is 5.32 Å². The molecule has 3 heteroatoms. The van der Waals surface area contributed by atoms with Gasteiger partial charge >= 0.3 is 0 Å². The van der Waals surface area contributed by atoms with E-state index in [1.54, 1.807) is 0 Å². The molecule has 0 amide bonds. The lowest BCUT2D eigenvalue weighted by Crippen LogP contribution is -2.52. The van der Waals surface area contributed by atoms with Crippen LogP contribution in [0.1, 0.15) is 45.4 Å². The second kappa shape index (κ2) is 6.72. The highest BCUT2D eigenvalue weighted by atomic mass is 16.3. The van der Waals surface area contributed by atoms with Crippen molar-refractivity contribution in [3.05, 3.63) is 0 Å². The van der Waals surface area contributed by atoms with Crippen LogP contribution in [0.3, 0.4) is 0 Å². The normalized spacial score (nSPS) is 30.4. The number of piperidine rings is 2. The standard InChI is InChI=1S/C14H27N2O/c1-12(14-4-2-3-8-15-14)16-9-5-13(6-10-16)7-11-17/h12-15H,2-11H2,1H3. The van der Waals surface area contributed by atoms with E-state index in [2.05, 4.69) is 17.1 Å². The van der Waals surface area contributed by atoms with Gasteiger partial charge in [-0.3, -0.25) is 4.90 Å². The summed E-state index contributed by atoms with van der Waals surface area (Å²) in [5.74, 6) is 0.704. The molecule has 0 aromatic rings. The molecule has 99 valence electrons. The first-order chi connectivity index (χ1) is 8.31. The van der Waals surface area contributed by atoms with Crippen LogP contribution in [0.4, 0.5) is 0 Å². The van der Waals surface area contributed by atoms with Crippen molar-refractivity contribution < 1.29 is 5.11 Å². The van der Waals surface area contributed by atoms with Crippen molar-refractivity contribution in [2.24, 2.45) is 5.92 Å². The minimum atomic E-state index is 0.115. The van der Waals surface area contributed by atoms with Gasteiger partial charge in [-0.2, -0.15) is 0 Å². The molecule has 2 unspecified atom stereocenters. The van der Waals surface area contributed by atoms with Crippen LogP contribution in [0.2, 0.25) is 0 Å². The van der Waals surface area contributed by atoms with E-state index in [4.69, 9.17) is 0 Å². The van der Waals surface area contributed by atoms with Crippen molar-refractivity contribution in [3.8, 4) is 0 Å². The Hall–Kier alpha value is -0.120. The number of nitrogens with one attached hydrogen (secondary N) is 1. The Morgan fingerprint density at radius 1 is 1.24 bits per heavy atom. The van der Waals surface area contributed by atoms with Gasteiger partial charge in [0.15, 0.2) is 0 Å². The van der Waals surface area contributed by atoms with Gasteiger partial charge in [0.05, 0.1) is 6.61 Å². The van der Waals surface area contributed by atoms with E-state index in [-0.39, 0.29) is 6.61 Å². The zero-order valence-corrected chi connectivity index (χ0v) is 11.2. The van der Waals surface area contributed by atoms with Gasteiger partial charge in [0.1, 0.15) is 0 Å². The van der Waals surface area contributed by atoms with Crippen molar-refractivity contribution in [1.82, 2.24) is 10.2 Å². The Kier molecular flexibility index (Phi) is 5.26. The third kappa shape index (κ3) is 3.67. The molecule has 17 heavy (non-hydrogen) atoms. The minimum Gasteiger partial charge on any atom is -0.312 e. The molecule has 2 atom stereocenters. The molecule has 2 aliphatic heterocycles. The topological polar surface area (TPSA) is 35.2 Å². The molecule has 0 spiro atoms.